The average molecular weight is 469 g/mol. The molecule has 2 aromatic carbocycles. The largest absolute Gasteiger partial charge is 0.497 e. The summed E-state index contributed by atoms with van der Waals surface area (Å²) in [5.41, 5.74) is 1.19. The maximum Gasteiger partial charge on any atom is 0.251 e. The van der Waals surface area contributed by atoms with Gasteiger partial charge >= 0.3 is 0 Å². The van der Waals surface area contributed by atoms with E-state index in [1.807, 2.05) is 17.0 Å². The number of carbonyl (C=O) groups excluding carboxylic acids is 3. The van der Waals surface area contributed by atoms with Gasteiger partial charge in [-0.1, -0.05) is 0 Å². The number of nitrogens with zero attached hydrogens (tertiary/aromatic N) is 3. The minimum atomic E-state index is -0.376. The van der Waals surface area contributed by atoms with Gasteiger partial charge in [-0.3, -0.25) is 19.3 Å². The van der Waals surface area contributed by atoms with Crippen molar-refractivity contribution in [3.05, 3.63) is 59.9 Å². The van der Waals surface area contributed by atoms with Crippen LogP contribution in [0.25, 0.3) is 0 Å². The molecule has 0 radical (unpaired) electrons. The number of rotatable bonds is 7. The minimum absolute atomic E-state index is 0.0219. The monoisotopic (exact) mass is 468 g/mol. The molecule has 3 amide bonds. The smallest absolute Gasteiger partial charge is 0.251 e. The van der Waals surface area contributed by atoms with Gasteiger partial charge in [0.05, 0.1) is 13.0 Å². The molecule has 0 aliphatic carbocycles. The first-order valence-electron chi connectivity index (χ1n) is 11.4. The van der Waals surface area contributed by atoms with E-state index in [1.165, 1.54) is 24.3 Å². The number of amides is 3. The highest BCUT2D eigenvalue weighted by Gasteiger charge is 2.37. The standard InChI is InChI=1S/C25H29FN4O4/c1-34-22-8-6-21(7-9-22)30-17-19(16-23(30)31)25(33)29-14-12-28(13-15-29)11-10-27-24(32)18-2-4-20(26)5-3-18/h2-9,19H,10-17H2,1H3,(H,27,32). The van der Waals surface area contributed by atoms with Gasteiger partial charge in [-0.2, -0.15) is 0 Å². The molecule has 0 saturated carbocycles. The van der Waals surface area contributed by atoms with Crippen LogP contribution in [0.2, 0.25) is 0 Å². The zero-order chi connectivity index (χ0) is 24.1. The maximum atomic E-state index is 13.0. The second-order valence-corrected chi connectivity index (χ2v) is 8.53. The Morgan fingerprint density at radius 2 is 1.71 bits per heavy atom. The predicted octanol–water partition coefficient (Wildman–Crippen LogP) is 1.76. The molecule has 2 aromatic rings. The molecule has 1 N–H and O–H groups in total. The number of hydrogen-bond acceptors (Lipinski definition) is 5. The van der Waals surface area contributed by atoms with E-state index in [0.717, 1.165) is 11.4 Å². The van der Waals surface area contributed by atoms with Crippen LogP contribution in [-0.4, -0.2) is 80.4 Å². The normalized spacial score (nSPS) is 18.8. The van der Waals surface area contributed by atoms with Gasteiger partial charge in [0.2, 0.25) is 11.8 Å². The molecule has 0 spiro atoms. The summed E-state index contributed by atoms with van der Waals surface area (Å²) in [6, 6.07) is 12.7. The topological polar surface area (TPSA) is 82.2 Å². The van der Waals surface area contributed by atoms with Crippen molar-refractivity contribution in [3.63, 3.8) is 0 Å². The van der Waals surface area contributed by atoms with Crippen molar-refractivity contribution in [1.29, 1.82) is 0 Å². The Bertz CT molecular complexity index is 1020. The molecular formula is C25H29FN4O4. The van der Waals surface area contributed by atoms with Crippen LogP contribution < -0.4 is 15.0 Å². The highest BCUT2D eigenvalue weighted by molar-refractivity contribution is 6.00. The van der Waals surface area contributed by atoms with Crippen molar-refractivity contribution in [2.24, 2.45) is 5.92 Å². The molecule has 2 heterocycles. The van der Waals surface area contributed by atoms with Gasteiger partial charge in [-0.25, -0.2) is 4.39 Å². The first-order chi connectivity index (χ1) is 16.4. The van der Waals surface area contributed by atoms with Gasteiger partial charge < -0.3 is 19.9 Å². The Morgan fingerprint density at radius 3 is 2.35 bits per heavy atom. The van der Waals surface area contributed by atoms with Gasteiger partial charge in [0.1, 0.15) is 11.6 Å². The third-order valence-corrected chi connectivity index (χ3v) is 6.36. The SMILES string of the molecule is COc1ccc(N2CC(C(=O)N3CCN(CCNC(=O)c4ccc(F)cc4)CC3)CC2=O)cc1. The van der Waals surface area contributed by atoms with Crippen molar-refractivity contribution in [2.45, 2.75) is 6.42 Å². The number of benzene rings is 2. The molecule has 2 aliphatic heterocycles. The van der Waals surface area contributed by atoms with E-state index in [9.17, 15) is 18.8 Å². The first kappa shape index (κ1) is 23.7. The number of ether oxygens (including phenoxy) is 1. The molecule has 2 saturated heterocycles. The predicted molar refractivity (Wildman–Crippen MR) is 125 cm³/mol. The van der Waals surface area contributed by atoms with Crippen molar-refractivity contribution in [1.82, 2.24) is 15.1 Å². The molecule has 2 aliphatic rings. The Balaban J connectivity index is 1.21. The quantitative estimate of drug-likeness (QED) is 0.670. The Hall–Kier alpha value is -3.46. The molecule has 8 nitrogen and oxygen atoms in total. The van der Waals surface area contributed by atoms with Crippen LogP contribution in [0.15, 0.2) is 48.5 Å². The fraction of sp³-hybridized carbons (Fsp3) is 0.400. The summed E-state index contributed by atoms with van der Waals surface area (Å²) in [7, 11) is 1.59. The fourth-order valence-corrected chi connectivity index (χ4v) is 4.37. The number of halogens is 1. The van der Waals surface area contributed by atoms with Gasteiger partial charge in [-0.05, 0) is 48.5 Å². The number of nitrogens with one attached hydrogen (secondary N) is 1. The molecule has 2 fully saturated rings. The van der Waals surface area contributed by atoms with Gasteiger partial charge in [0.25, 0.3) is 5.91 Å². The van der Waals surface area contributed by atoms with Crippen LogP contribution in [0.4, 0.5) is 10.1 Å². The molecule has 180 valence electrons. The van der Waals surface area contributed by atoms with Crippen molar-refractivity contribution < 1.29 is 23.5 Å². The molecule has 1 atom stereocenters. The number of methoxy groups -OCH3 is 1. The molecule has 1 unspecified atom stereocenters. The van der Waals surface area contributed by atoms with Gasteiger partial charge in [-0.15, -0.1) is 0 Å². The highest BCUT2D eigenvalue weighted by atomic mass is 19.1. The van der Waals surface area contributed by atoms with Crippen molar-refractivity contribution in [2.75, 3.05) is 57.8 Å². The fourth-order valence-electron chi connectivity index (χ4n) is 4.37. The zero-order valence-electron chi connectivity index (χ0n) is 19.2. The van der Waals surface area contributed by atoms with Crippen LogP contribution in [-0.2, 0) is 9.59 Å². The van der Waals surface area contributed by atoms with Gasteiger partial charge in [0, 0.05) is 63.5 Å². The van der Waals surface area contributed by atoms with Crippen molar-refractivity contribution >= 4 is 23.4 Å². The van der Waals surface area contributed by atoms with Crippen LogP contribution in [0.5, 0.6) is 5.75 Å². The summed E-state index contributed by atoms with van der Waals surface area (Å²) in [5.74, 6) is -0.250. The lowest BCUT2D eigenvalue weighted by atomic mass is 10.1. The Labute approximate surface area is 198 Å². The van der Waals surface area contributed by atoms with Gasteiger partial charge in [0.15, 0.2) is 0 Å². The second-order valence-electron chi connectivity index (χ2n) is 8.53. The lowest BCUT2D eigenvalue weighted by Crippen LogP contribution is -2.51. The lowest BCUT2D eigenvalue weighted by molar-refractivity contribution is -0.137. The molecule has 0 bridgehead atoms. The van der Waals surface area contributed by atoms with E-state index in [1.54, 1.807) is 24.1 Å². The summed E-state index contributed by atoms with van der Waals surface area (Å²) in [5, 5.41) is 2.84. The van der Waals surface area contributed by atoms with Crippen LogP contribution in [0.1, 0.15) is 16.8 Å². The summed E-state index contributed by atoms with van der Waals surface area (Å²) in [4.78, 5) is 43.4. The van der Waals surface area contributed by atoms with E-state index >= 15 is 0 Å². The molecule has 34 heavy (non-hydrogen) atoms. The summed E-state index contributed by atoms with van der Waals surface area (Å²) >= 11 is 0. The van der Waals surface area contributed by atoms with E-state index in [-0.39, 0.29) is 35.9 Å². The van der Waals surface area contributed by atoms with Crippen molar-refractivity contribution in [3.8, 4) is 5.75 Å². The third kappa shape index (κ3) is 5.53. The maximum absolute atomic E-state index is 13.0. The highest BCUT2D eigenvalue weighted by Crippen LogP contribution is 2.28. The minimum Gasteiger partial charge on any atom is -0.497 e. The Kier molecular flexibility index (Phi) is 7.42. The zero-order valence-corrected chi connectivity index (χ0v) is 19.2. The average Bonchev–Trinajstić information content (AvgIpc) is 3.26. The van der Waals surface area contributed by atoms with E-state index in [2.05, 4.69) is 10.2 Å². The third-order valence-electron chi connectivity index (χ3n) is 6.36. The number of anilines is 1. The van der Waals surface area contributed by atoms with E-state index in [4.69, 9.17) is 4.74 Å². The van der Waals surface area contributed by atoms with E-state index in [0.29, 0.717) is 51.4 Å². The number of piperazine rings is 1. The second kappa shape index (κ2) is 10.6. The Morgan fingerprint density at radius 1 is 1.03 bits per heavy atom. The summed E-state index contributed by atoms with van der Waals surface area (Å²) in [6.07, 6.45) is 0.223. The van der Waals surface area contributed by atoms with Crippen LogP contribution in [0.3, 0.4) is 0 Å². The van der Waals surface area contributed by atoms with Crippen LogP contribution >= 0.6 is 0 Å². The molecular weight excluding hydrogens is 439 g/mol. The van der Waals surface area contributed by atoms with Crippen LogP contribution in [0, 0.1) is 11.7 Å². The molecule has 9 heteroatoms. The molecule has 4 rings (SSSR count). The lowest BCUT2D eigenvalue weighted by Gasteiger charge is -2.35. The number of hydrogen-bond donors (Lipinski definition) is 1. The first-order valence-corrected chi connectivity index (χ1v) is 11.4. The summed E-state index contributed by atoms with van der Waals surface area (Å²) < 4.78 is 18.1. The molecule has 0 aromatic heterocycles. The number of carbonyl (C=O) groups is 3. The van der Waals surface area contributed by atoms with E-state index < -0.39 is 0 Å². The summed E-state index contributed by atoms with van der Waals surface area (Å²) in [6.45, 7) is 4.14.